The number of H-pyrrole nitrogens is 1. The summed E-state index contributed by atoms with van der Waals surface area (Å²) in [5.41, 5.74) is 1.85. The first-order valence-electron chi connectivity index (χ1n) is 6.54. The number of aromatic nitrogens is 2. The molecule has 3 aromatic rings. The normalized spacial score (nSPS) is 11.9. The van der Waals surface area contributed by atoms with E-state index in [-0.39, 0.29) is 5.97 Å². The molecule has 0 unspecified atom stereocenters. The zero-order valence-electron chi connectivity index (χ0n) is 11.7. The summed E-state index contributed by atoms with van der Waals surface area (Å²) >= 11 is 0. The van der Waals surface area contributed by atoms with E-state index in [2.05, 4.69) is 9.97 Å². The van der Waals surface area contributed by atoms with Crippen molar-refractivity contribution >= 4 is 27.9 Å². The van der Waals surface area contributed by atoms with Crippen LogP contribution in [0.2, 0.25) is 0 Å². The van der Waals surface area contributed by atoms with Gasteiger partial charge in [0.2, 0.25) is 0 Å². The number of carbonyl (C=O) groups excluding carboxylic acids is 1. The Balaban J connectivity index is 2.10. The van der Waals surface area contributed by atoms with Crippen LogP contribution in [0.4, 0.5) is 0 Å². The molecule has 0 atom stereocenters. The van der Waals surface area contributed by atoms with Crippen molar-refractivity contribution in [2.45, 2.75) is 26.4 Å². The van der Waals surface area contributed by atoms with E-state index in [4.69, 9.17) is 4.74 Å². The molecule has 0 radical (unpaired) electrons. The number of hydrogen-bond acceptors (Lipinski definition) is 3. The molecule has 102 valence electrons. The average Bonchev–Trinajstić information content (AvgIpc) is 2.74. The minimum absolute atomic E-state index is 0.308. The molecule has 2 heterocycles. The first-order valence-corrected chi connectivity index (χ1v) is 6.54. The average molecular weight is 268 g/mol. The number of hydrogen-bond donors (Lipinski definition) is 1. The summed E-state index contributed by atoms with van der Waals surface area (Å²) in [6.07, 6.45) is 1.74. The Bertz CT molecular complexity index is 797. The van der Waals surface area contributed by atoms with Gasteiger partial charge in [0.25, 0.3) is 0 Å². The highest BCUT2D eigenvalue weighted by Crippen LogP contribution is 2.25. The molecular formula is C16H16N2O2. The van der Waals surface area contributed by atoms with E-state index in [1.165, 1.54) is 0 Å². The fourth-order valence-corrected chi connectivity index (χ4v) is 2.19. The van der Waals surface area contributed by atoms with E-state index in [1.54, 1.807) is 12.3 Å². The maximum Gasteiger partial charge on any atom is 0.338 e. The molecule has 2 aromatic heterocycles. The van der Waals surface area contributed by atoms with E-state index >= 15 is 0 Å². The molecule has 0 bridgehead atoms. The largest absolute Gasteiger partial charge is 0.456 e. The van der Waals surface area contributed by atoms with Crippen LogP contribution in [-0.2, 0) is 4.74 Å². The van der Waals surface area contributed by atoms with Crippen LogP contribution in [0.1, 0.15) is 31.1 Å². The highest BCUT2D eigenvalue weighted by molar-refractivity contribution is 6.08. The highest BCUT2D eigenvalue weighted by atomic mass is 16.6. The molecule has 20 heavy (non-hydrogen) atoms. The summed E-state index contributed by atoms with van der Waals surface area (Å²) in [5.74, 6) is -0.308. The summed E-state index contributed by atoms with van der Waals surface area (Å²) in [6, 6.07) is 9.38. The number of aromatic amines is 1. The van der Waals surface area contributed by atoms with E-state index in [9.17, 15) is 4.79 Å². The van der Waals surface area contributed by atoms with Gasteiger partial charge < -0.3 is 9.72 Å². The predicted molar refractivity (Wildman–Crippen MR) is 78.8 cm³/mol. The van der Waals surface area contributed by atoms with Crippen molar-refractivity contribution in [3.63, 3.8) is 0 Å². The Kier molecular flexibility index (Phi) is 2.74. The number of benzene rings is 1. The molecule has 0 aliphatic heterocycles. The monoisotopic (exact) mass is 268 g/mol. The van der Waals surface area contributed by atoms with Crippen LogP contribution in [0.3, 0.4) is 0 Å². The van der Waals surface area contributed by atoms with Crippen LogP contribution < -0.4 is 0 Å². The number of nitrogens with one attached hydrogen (secondary N) is 1. The standard InChI is InChI=1S/C16H16N2O2/c1-16(2,3)20-15(19)10-6-7-13-12(9-10)11-5-4-8-17-14(11)18-13/h4-9H,1-3H3,(H,17,18). The van der Waals surface area contributed by atoms with Crippen LogP contribution >= 0.6 is 0 Å². The highest BCUT2D eigenvalue weighted by Gasteiger charge is 2.18. The maximum atomic E-state index is 12.1. The third-order valence-corrected chi connectivity index (χ3v) is 3.01. The van der Waals surface area contributed by atoms with Crippen molar-refractivity contribution in [1.82, 2.24) is 9.97 Å². The Labute approximate surface area is 116 Å². The third kappa shape index (κ3) is 2.25. The lowest BCUT2D eigenvalue weighted by atomic mass is 10.1. The lowest BCUT2D eigenvalue weighted by molar-refractivity contribution is 0.00697. The molecule has 0 amide bonds. The molecular weight excluding hydrogens is 252 g/mol. The molecule has 0 saturated carbocycles. The Hall–Kier alpha value is -2.36. The Morgan fingerprint density at radius 2 is 2.00 bits per heavy atom. The molecule has 4 nitrogen and oxygen atoms in total. The van der Waals surface area contributed by atoms with Crippen molar-refractivity contribution in [2.75, 3.05) is 0 Å². The predicted octanol–water partition coefficient (Wildman–Crippen LogP) is 3.67. The smallest absolute Gasteiger partial charge is 0.338 e. The molecule has 1 N–H and O–H groups in total. The van der Waals surface area contributed by atoms with Crippen molar-refractivity contribution in [1.29, 1.82) is 0 Å². The Morgan fingerprint density at radius 1 is 1.20 bits per heavy atom. The minimum Gasteiger partial charge on any atom is -0.456 e. The fraction of sp³-hybridized carbons (Fsp3) is 0.250. The van der Waals surface area contributed by atoms with Crippen molar-refractivity contribution in [3.05, 3.63) is 42.1 Å². The summed E-state index contributed by atoms with van der Waals surface area (Å²) < 4.78 is 5.40. The fourth-order valence-electron chi connectivity index (χ4n) is 2.19. The first-order chi connectivity index (χ1) is 9.44. The number of carbonyl (C=O) groups is 1. The minimum atomic E-state index is -0.492. The van der Waals surface area contributed by atoms with E-state index in [0.29, 0.717) is 5.56 Å². The third-order valence-electron chi connectivity index (χ3n) is 3.01. The van der Waals surface area contributed by atoms with Crippen LogP contribution in [0.5, 0.6) is 0 Å². The molecule has 1 aromatic carbocycles. The number of esters is 1. The molecule has 0 aliphatic carbocycles. The summed E-state index contributed by atoms with van der Waals surface area (Å²) in [7, 11) is 0. The SMILES string of the molecule is CC(C)(C)OC(=O)c1ccc2[nH]c3ncccc3c2c1. The second kappa shape index (κ2) is 4.34. The lowest BCUT2D eigenvalue weighted by Gasteiger charge is -2.19. The van der Waals surface area contributed by atoms with Gasteiger partial charge in [0.15, 0.2) is 0 Å². The topological polar surface area (TPSA) is 55.0 Å². The zero-order valence-corrected chi connectivity index (χ0v) is 11.7. The number of fused-ring (bicyclic) bond motifs is 3. The molecule has 4 heteroatoms. The quantitative estimate of drug-likeness (QED) is 0.685. The lowest BCUT2D eigenvalue weighted by Crippen LogP contribution is -2.23. The van der Waals surface area contributed by atoms with Crippen LogP contribution in [0, 0.1) is 0 Å². The molecule has 3 rings (SSSR count). The summed E-state index contributed by atoms with van der Waals surface area (Å²) in [4.78, 5) is 19.6. The van der Waals surface area contributed by atoms with Gasteiger partial charge in [-0.05, 0) is 51.1 Å². The molecule has 0 saturated heterocycles. The van der Waals surface area contributed by atoms with E-state index in [0.717, 1.165) is 21.9 Å². The maximum absolute atomic E-state index is 12.1. The Morgan fingerprint density at radius 3 is 2.75 bits per heavy atom. The summed E-state index contributed by atoms with van der Waals surface area (Å²) in [5, 5.41) is 1.99. The van der Waals surface area contributed by atoms with Gasteiger partial charge >= 0.3 is 5.97 Å². The second-order valence-corrected chi connectivity index (χ2v) is 5.79. The number of rotatable bonds is 1. The van der Waals surface area contributed by atoms with E-state index in [1.807, 2.05) is 45.0 Å². The van der Waals surface area contributed by atoms with E-state index < -0.39 is 5.60 Å². The van der Waals surface area contributed by atoms with Gasteiger partial charge in [0.05, 0.1) is 5.56 Å². The van der Waals surface area contributed by atoms with Gasteiger partial charge in [-0.25, -0.2) is 9.78 Å². The number of ether oxygens (including phenoxy) is 1. The van der Waals surface area contributed by atoms with Crippen LogP contribution in [0.15, 0.2) is 36.5 Å². The number of pyridine rings is 1. The number of nitrogens with zero attached hydrogens (tertiary/aromatic N) is 1. The van der Waals surface area contributed by atoms with Crippen molar-refractivity contribution < 1.29 is 9.53 Å². The van der Waals surface area contributed by atoms with Gasteiger partial charge in [-0.1, -0.05) is 0 Å². The van der Waals surface area contributed by atoms with Gasteiger partial charge in [0.1, 0.15) is 11.2 Å². The van der Waals surface area contributed by atoms with Gasteiger partial charge in [-0.3, -0.25) is 0 Å². The van der Waals surface area contributed by atoms with Gasteiger partial charge in [-0.2, -0.15) is 0 Å². The van der Waals surface area contributed by atoms with Crippen LogP contribution in [0.25, 0.3) is 21.9 Å². The first kappa shape index (κ1) is 12.7. The van der Waals surface area contributed by atoms with Gasteiger partial charge in [-0.15, -0.1) is 0 Å². The van der Waals surface area contributed by atoms with Gasteiger partial charge in [0, 0.05) is 22.5 Å². The van der Waals surface area contributed by atoms with Crippen LogP contribution in [-0.4, -0.2) is 21.5 Å². The zero-order chi connectivity index (χ0) is 14.3. The van der Waals surface area contributed by atoms with Crippen molar-refractivity contribution in [2.24, 2.45) is 0 Å². The molecule has 0 spiro atoms. The van der Waals surface area contributed by atoms with Crippen molar-refractivity contribution in [3.8, 4) is 0 Å². The summed E-state index contributed by atoms with van der Waals surface area (Å²) in [6.45, 7) is 5.58. The molecule has 0 fully saturated rings. The molecule has 0 aliphatic rings. The second-order valence-electron chi connectivity index (χ2n) is 5.79.